The van der Waals surface area contributed by atoms with Crippen LogP contribution in [0.5, 0.6) is 0 Å². The Bertz CT molecular complexity index is 408. The average molecular weight is 295 g/mol. The lowest BCUT2D eigenvalue weighted by Gasteiger charge is -2.22. The summed E-state index contributed by atoms with van der Waals surface area (Å²) in [4.78, 5) is 2.61. The Morgan fingerprint density at radius 2 is 2.25 bits per heavy atom. The van der Waals surface area contributed by atoms with Crippen molar-refractivity contribution in [1.82, 2.24) is 10.2 Å². The second-order valence-electron chi connectivity index (χ2n) is 5.82. The highest BCUT2D eigenvalue weighted by molar-refractivity contribution is 6.30. The molecule has 1 heterocycles. The fourth-order valence-corrected chi connectivity index (χ4v) is 3.32. The van der Waals surface area contributed by atoms with Crippen molar-refractivity contribution in [2.24, 2.45) is 5.92 Å². The molecule has 0 amide bonds. The largest absolute Gasteiger partial charge is 0.310 e. The van der Waals surface area contributed by atoms with Crippen LogP contribution in [0, 0.1) is 5.92 Å². The molecule has 0 bridgehead atoms. The van der Waals surface area contributed by atoms with Crippen LogP contribution in [0.25, 0.3) is 0 Å². The van der Waals surface area contributed by atoms with Crippen LogP contribution in [0.4, 0.5) is 0 Å². The Labute approximate surface area is 128 Å². The summed E-state index contributed by atoms with van der Waals surface area (Å²) < 4.78 is 0. The molecule has 0 radical (unpaired) electrons. The lowest BCUT2D eigenvalue weighted by Crippen LogP contribution is -2.28. The van der Waals surface area contributed by atoms with Crippen molar-refractivity contribution in [3.05, 3.63) is 34.9 Å². The van der Waals surface area contributed by atoms with Gasteiger partial charge in [0.1, 0.15) is 0 Å². The van der Waals surface area contributed by atoms with Crippen molar-refractivity contribution in [1.29, 1.82) is 0 Å². The molecule has 112 valence electrons. The second kappa shape index (κ2) is 8.02. The Balaban J connectivity index is 1.89. The number of nitrogens with zero attached hydrogens (tertiary/aromatic N) is 1. The summed E-state index contributed by atoms with van der Waals surface area (Å²) in [5.41, 5.74) is 1.31. The second-order valence-corrected chi connectivity index (χ2v) is 6.25. The van der Waals surface area contributed by atoms with Crippen LogP contribution in [0.2, 0.25) is 5.02 Å². The van der Waals surface area contributed by atoms with Crippen LogP contribution in [-0.2, 0) is 0 Å². The van der Waals surface area contributed by atoms with E-state index in [2.05, 4.69) is 36.2 Å². The number of likely N-dealkylation sites (tertiary alicyclic amines) is 1. The quantitative estimate of drug-likeness (QED) is 0.814. The maximum atomic E-state index is 6.12. The lowest BCUT2D eigenvalue weighted by atomic mass is 10.0. The van der Waals surface area contributed by atoms with Crippen molar-refractivity contribution >= 4 is 11.6 Å². The van der Waals surface area contributed by atoms with Gasteiger partial charge in [-0.2, -0.15) is 0 Å². The van der Waals surface area contributed by atoms with Gasteiger partial charge in [-0.05, 0) is 56.1 Å². The summed E-state index contributed by atoms with van der Waals surface area (Å²) >= 11 is 6.12. The van der Waals surface area contributed by atoms with Crippen LogP contribution in [0.1, 0.15) is 44.7 Å². The lowest BCUT2D eigenvalue weighted by molar-refractivity contribution is 0.299. The van der Waals surface area contributed by atoms with Crippen LogP contribution in [0.15, 0.2) is 24.3 Å². The molecule has 2 atom stereocenters. The van der Waals surface area contributed by atoms with Gasteiger partial charge in [-0.3, -0.25) is 0 Å². The third kappa shape index (κ3) is 4.47. The zero-order valence-electron chi connectivity index (χ0n) is 12.7. The predicted octanol–water partition coefficient (Wildman–Crippen LogP) is 4.11. The minimum Gasteiger partial charge on any atom is -0.310 e. The molecule has 0 aromatic heterocycles. The Morgan fingerprint density at radius 1 is 1.40 bits per heavy atom. The summed E-state index contributed by atoms with van der Waals surface area (Å²) in [6.45, 7) is 9.20. The van der Waals surface area contributed by atoms with Gasteiger partial charge in [-0.25, -0.2) is 0 Å². The van der Waals surface area contributed by atoms with Crippen LogP contribution < -0.4 is 5.32 Å². The molecule has 0 spiro atoms. The van der Waals surface area contributed by atoms with Crippen molar-refractivity contribution < 1.29 is 0 Å². The summed E-state index contributed by atoms with van der Waals surface area (Å²) in [5, 5.41) is 4.42. The first-order valence-corrected chi connectivity index (χ1v) is 8.32. The number of rotatable bonds is 7. The minimum atomic E-state index is 0.416. The molecule has 2 unspecified atom stereocenters. The number of benzene rings is 1. The summed E-state index contributed by atoms with van der Waals surface area (Å²) in [5.74, 6) is 0.916. The van der Waals surface area contributed by atoms with Gasteiger partial charge in [-0.1, -0.05) is 44.0 Å². The fraction of sp³-hybridized carbons (Fsp3) is 0.647. The summed E-state index contributed by atoms with van der Waals surface area (Å²) in [6, 6.07) is 8.68. The van der Waals surface area contributed by atoms with Crippen molar-refractivity contribution in [3.63, 3.8) is 0 Å². The van der Waals surface area contributed by atoms with Crippen molar-refractivity contribution in [2.75, 3.05) is 26.2 Å². The summed E-state index contributed by atoms with van der Waals surface area (Å²) in [6.07, 6.45) is 3.85. The molecule has 0 saturated carbocycles. The van der Waals surface area contributed by atoms with Crippen LogP contribution in [0.3, 0.4) is 0 Å². The van der Waals surface area contributed by atoms with Gasteiger partial charge in [0.15, 0.2) is 0 Å². The summed E-state index contributed by atoms with van der Waals surface area (Å²) in [7, 11) is 0. The molecule has 1 aromatic rings. The smallest absolute Gasteiger partial charge is 0.0409 e. The third-order valence-corrected chi connectivity index (χ3v) is 4.62. The number of hydrogen-bond donors (Lipinski definition) is 1. The Morgan fingerprint density at radius 3 is 2.90 bits per heavy atom. The van der Waals surface area contributed by atoms with Crippen LogP contribution in [-0.4, -0.2) is 31.1 Å². The van der Waals surface area contributed by atoms with Crippen LogP contribution >= 0.6 is 11.6 Å². The molecule has 3 heteroatoms. The van der Waals surface area contributed by atoms with E-state index in [4.69, 9.17) is 11.6 Å². The maximum Gasteiger partial charge on any atom is 0.0409 e. The van der Waals surface area contributed by atoms with E-state index in [0.29, 0.717) is 6.04 Å². The van der Waals surface area contributed by atoms with Gasteiger partial charge in [0.05, 0.1) is 0 Å². The highest BCUT2D eigenvalue weighted by Crippen LogP contribution is 2.23. The average Bonchev–Trinajstić information content (AvgIpc) is 2.91. The molecule has 20 heavy (non-hydrogen) atoms. The van der Waals surface area contributed by atoms with Gasteiger partial charge in [0, 0.05) is 17.6 Å². The zero-order chi connectivity index (χ0) is 14.4. The van der Waals surface area contributed by atoms with E-state index < -0.39 is 0 Å². The van der Waals surface area contributed by atoms with Gasteiger partial charge in [0.25, 0.3) is 0 Å². The van der Waals surface area contributed by atoms with Gasteiger partial charge >= 0.3 is 0 Å². The molecule has 1 aliphatic heterocycles. The highest BCUT2D eigenvalue weighted by Gasteiger charge is 2.21. The molecule has 2 nitrogen and oxygen atoms in total. The molecular weight excluding hydrogens is 268 g/mol. The van der Waals surface area contributed by atoms with E-state index in [1.54, 1.807) is 0 Å². The SMILES string of the molecule is CCNC(CCN1CCC(CC)C1)c1cccc(Cl)c1. The van der Waals surface area contributed by atoms with E-state index in [1.165, 1.54) is 38.0 Å². The van der Waals surface area contributed by atoms with Gasteiger partial charge < -0.3 is 10.2 Å². The maximum absolute atomic E-state index is 6.12. The topological polar surface area (TPSA) is 15.3 Å². The van der Waals surface area contributed by atoms with E-state index >= 15 is 0 Å². The first kappa shape index (κ1) is 15.8. The molecule has 1 aliphatic rings. The fourth-order valence-electron chi connectivity index (χ4n) is 3.12. The first-order chi connectivity index (χ1) is 9.72. The normalized spacial score (nSPS) is 21.2. The number of halogens is 1. The van der Waals surface area contributed by atoms with E-state index in [1.807, 2.05) is 12.1 Å². The van der Waals surface area contributed by atoms with Crippen molar-refractivity contribution in [2.45, 2.75) is 39.2 Å². The van der Waals surface area contributed by atoms with Gasteiger partial charge in [-0.15, -0.1) is 0 Å². The van der Waals surface area contributed by atoms with E-state index in [0.717, 1.165) is 23.9 Å². The molecule has 1 aromatic carbocycles. The predicted molar refractivity (Wildman–Crippen MR) is 87.3 cm³/mol. The third-order valence-electron chi connectivity index (χ3n) is 4.38. The standard InChI is InChI=1S/C17H27ClN2/c1-3-14-8-10-20(13-14)11-9-17(19-4-2)15-6-5-7-16(18)12-15/h5-7,12,14,17,19H,3-4,8-11,13H2,1-2H3. The van der Waals surface area contributed by atoms with E-state index in [-0.39, 0.29) is 0 Å². The zero-order valence-corrected chi connectivity index (χ0v) is 13.5. The molecule has 1 fully saturated rings. The first-order valence-electron chi connectivity index (χ1n) is 7.94. The monoisotopic (exact) mass is 294 g/mol. The Hall–Kier alpha value is -0.570. The Kier molecular flexibility index (Phi) is 6.34. The molecule has 0 aliphatic carbocycles. The highest BCUT2D eigenvalue weighted by atomic mass is 35.5. The minimum absolute atomic E-state index is 0.416. The van der Waals surface area contributed by atoms with Gasteiger partial charge in [0.2, 0.25) is 0 Å². The molecule has 1 saturated heterocycles. The molecular formula is C17H27ClN2. The molecule has 1 N–H and O–H groups in total. The van der Waals surface area contributed by atoms with E-state index in [9.17, 15) is 0 Å². The number of hydrogen-bond acceptors (Lipinski definition) is 2. The number of nitrogens with one attached hydrogen (secondary N) is 1. The van der Waals surface area contributed by atoms with Crippen molar-refractivity contribution in [3.8, 4) is 0 Å². The molecule has 2 rings (SSSR count).